The zero-order chi connectivity index (χ0) is 7.90. The number of fused-ring (bicyclic) bond motifs is 1. The van der Waals surface area contributed by atoms with Crippen LogP contribution in [0.3, 0.4) is 0 Å². The molecule has 1 nitrogen and oxygen atoms in total. The van der Waals surface area contributed by atoms with Crippen LogP contribution in [0.2, 0.25) is 0 Å². The van der Waals surface area contributed by atoms with E-state index in [4.69, 9.17) is 5.73 Å². The van der Waals surface area contributed by atoms with Crippen LogP contribution in [-0.4, -0.2) is 6.54 Å². The first-order valence-electron chi connectivity index (χ1n) is 5.02. The Labute approximate surface area is 69.4 Å². The second-order valence-electron chi connectivity index (χ2n) is 4.42. The summed E-state index contributed by atoms with van der Waals surface area (Å²) in [5.41, 5.74) is 6.42. The summed E-state index contributed by atoms with van der Waals surface area (Å²) >= 11 is 0. The van der Waals surface area contributed by atoms with Crippen LogP contribution < -0.4 is 5.73 Å². The predicted octanol–water partition coefficient (Wildman–Crippen LogP) is 2.16. The van der Waals surface area contributed by atoms with Crippen LogP contribution in [-0.2, 0) is 0 Å². The van der Waals surface area contributed by atoms with Gasteiger partial charge in [-0.2, -0.15) is 0 Å². The Morgan fingerprint density at radius 2 is 2.27 bits per heavy atom. The third-order valence-electron chi connectivity index (χ3n) is 4.23. The van der Waals surface area contributed by atoms with Crippen LogP contribution >= 0.6 is 0 Å². The monoisotopic (exact) mass is 153 g/mol. The van der Waals surface area contributed by atoms with Gasteiger partial charge in [0.1, 0.15) is 0 Å². The Balaban J connectivity index is 2.06. The molecular formula is C10H19N. The molecule has 2 rings (SSSR count). The predicted molar refractivity (Wildman–Crippen MR) is 47.2 cm³/mol. The lowest BCUT2D eigenvalue weighted by Crippen LogP contribution is -2.49. The molecule has 0 heterocycles. The minimum atomic E-state index is 0.584. The quantitative estimate of drug-likeness (QED) is 0.646. The second-order valence-corrected chi connectivity index (χ2v) is 4.42. The van der Waals surface area contributed by atoms with Crippen molar-refractivity contribution in [3.8, 4) is 0 Å². The van der Waals surface area contributed by atoms with E-state index in [0.29, 0.717) is 5.41 Å². The van der Waals surface area contributed by atoms with Gasteiger partial charge in [-0.1, -0.05) is 19.8 Å². The van der Waals surface area contributed by atoms with Crippen LogP contribution in [0, 0.1) is 17.3 Å². The molecule has 0 aromatic carbocycles. The van der Waals surface area contributed by atoms with Crippen molar-refractivity contribution in [2.45, 2.75) is 39.0 Å². The summed E-state index contributed by atoms with van der Waals surface area (Å²) in [7, 11) is 0. The molecule has 0 radical (unpaired) electrons. The average molecular weight is 153 g/mol. The van der Waals surface area contributed by atoms with Gasteiger partial charge >= 0.3 is 0 Å². The van der Waals surface area contributed by atoms with Crippen LogP contribution in [0.5, 0.6) is 0 Å². The van der Waals surface area contributed by atoms with Crippen LogP contribution in [0.25, 0.3) is 0 Å². The molecule has 2 N–H and O–H groups in total. The van der Waals surface area contributed by atoms with Crippen molar-refractivity contribution in [1.82, 2.24) is 0 Å². The largest absolute Gasteiger partial charge is 0.330 e. The van der Waals surface area contributed by atoms with Crippen molar-refractivity contribution >= 4 is 0 Å². The van der Waals surface area contributed by atoms with Gasteiger partial charge in [-0.3, -0.25) is 0 Å². The summed E-state index contributed by atoms with van der Waals surface area (Å²) < 4.78 is 0. The first-order chi connectivity index (χ1) is 5.32. The Bertz CT molecular complexity index is 149. The molecule has 0 spiro atoms. The first kappa shape index (κ1) is 7.60. The number of hydrogen-bond donors (Lipinski definition) is 1. The van der Waals surface area contributed by atoms with Gasteiger partial charge in [0, 0.05) is 0 Å². The summed E-state index contributed by atoms with van der Waals surface area (Å²) in [6.45, 7) is 3.24. The molecule has 64 valence electrons. The molecule has 0 bridgehead atoms. The van der Waals surface area contributed by atoms with Gasteiger partial charge in [0.25, 0.3) is 0 Å². The highest BCUT2D eigenvalue weighted by molar-refractivity contribution is 5.03. The second kappa shape index (κ2) is 2.48. The minimum absolute atomic E-state index is 0.584. The first-order valence-corrected chi connectivity index (χ1v) is 5.02. The summed E-state index contributed by atoms with van der Waals surface area (Å²) in [4.78, 5) is 0. The highest BCUT2D eigenvalue weighted by atomic mass is 14.7. The summed E-state index contributed by atoms with van der Waals surface area (Å²) in [5, 5.41) is 0. The lowest BCUT2D eigenvalue weighted by atomic mass is 9.54. The molecule has 2 fully saturated rings. The van der Waals surface area contributed by atoms with Gasteiger partial charge in [-0.15, -0.1) is 0 Å². The normalized spacial score (nSPS) is 48.5. The molecule has 2 aliphatic carbocycles. The molecule has 0 aromatic rings. The molecule has 3 atom stereocenters. The molecule has 0 amide bonds. The van der Waals surface area contributed by atoms with Gasteiger partial charge < -0.3 is 5.73 Å². The van der Waals surface area contributed by atoms with E-state index in [9.17, 15) is 0 Å². The fourth-order valence-corrected chi connectivity index (χ4v) is 3.39. The minimum Gasteiger partial charge on any atom is -0.330 e. The molecule has 2 saturated carbocycles. The van der Waals surface area contributed by atoms with Crippen molar-refractivity contribution < 1.29 is 0 Å². The Kier molecular flexibility index (Phi) is 1.71. The van der Waals surface area contributed by atoms with Gasteiger partial charge in [0.15, 0.2) is 0 Å². The van der Waals surface area contributed by atoms with E-state index >= 15 is 0 Å². The van der Waals surface area contributed by atoms with Crippen molar-refractivity contribution in [2.75, 3.05) is 6.54 Å². The molecule has 0 aromatic heterocycles. The number of nitrogens with two attached hydrogens (primary N) is 1. The maximum atomic E-state index is 5.84. The van der Waals surface area contributed by atoms with Crippen molar-refractivity contribution in [3.05, 3.63) is 0 Å². The van der Waals surface area contributed by atoms with E-state index < -0.39 is 0 Å². The van der Waals surface area contributed by atoms with Gasteiger partial charge in [0.05, 0.1) is 0 Å². The SMILES string of the molecule is CC[C@]1(CN)C[C@H]2CCCC21. The fourth-order valence-electron chi connectivity index (χ4n) is 3.39. The molecule has 1 unspecified atom stereocenters. The Hall–Kier alpha value is -0.0400. The standard InChI is InChI=1S/C10H19N/c1-2-10(7-11)6-8-4-3-5-9(8)10/h8-9H,2-7,11H2,1H3/t8-,9?,10-/m1/s1. The zero-order valence-electron chi connectivity index (χ0n) is 7.47. The van der Waals surface area contributed by atoms with Crippen molar-refractivity contribution in [1.29, 1.82) is 0 Å². The van der Waals surface area contributed by atoms with Crippen molar-refractivity contribution in [2.24, 2.45) is 23.0 Å². The highest BCUT2D eigenvalue weighted by Crippen LogP contribution is 2.60. The van der Waals surface area contributed by atoms with Crippen LogP contribution in [0.4, 0.5) is 0 Å². The van der Waals surface area contributed by atoms with E-state index in [-0.39, 0.29) is 0 Å². The zero-order valence-corrected chi connectivity index (χ0v) is 7.47. The number of hydrogen-bond acceptors (Lipinski definition) is 1. The topological polar surface area (TPSA) is 26.0 Å². The fraction of sp³-hybridized carbons (Fsp3) is 1.00. The van der Waals surface area contributed by atoms with Gasteiger partial charge in [0.2, 0.25) is 0 Å². The van der Waals surface area contributed by atoms with E-state index in [0.717, 1.165) is 18.4 Å². The Morgan fingerprint density at radius 1 is 1.45 bits per heavy atom. The van der Waals surface area contributed by atoms with Gasteiger partial charge in [-0.05, 0) is 43.1 Å². The molecule has 0 saturated heterocycles. The molecular weight excluding hydrogens is 134 g/mol. The van der Waals surface area contributed by atoms with E-state index in [2.05, 4.69) is 6.92 Å². The maximum absolute atomic E-state index is 5.84. The summed E-state index contributed by atoms with van der Waals surface area (Å²) in [6, 6.07) is 0. The van der Waals surface area contributed by atoms with Crippen LogP contribution in [0.1, 0.15) is 39.0 Å². The maximum Gasteiger partial charge on any atom is -0.00178 e. The smallest absolute Gasteiger partial charge is 0.00178 e. The summed E-state index contributed by atoms with van der Waals surface area (Å²) in [5.74, 6) is 2.08. The van der Waals surface area contributed by atoms with E-state index in [1.54, 1.807) is 0 Å². The summed E-state index contributed by atoms with van der Waals surface area (Å²) in [6.07, 6.45) is 7.18. The van der Waals surface area contributed by atoms with Crippen molar-refractivity contribution in [3.63, 3.8) is 0 Å². The molecule has 11 heavy (non-hydrogen) atoms. The highest BCUT2D eigenvalue weighted by Gasteiger charge is 2.52. The lowest BCUT2D eigenvalue weighted by molar-refractivity contribution is -0.0163. The Morgan fingerprint density at radius 3 is 2.82 bits per heavy atom. The number of rotatable bonds is 2. The van der Waals surface area contributed by atoms with E-state index in [1.807, 2.05) is 0 Å². The van der Waals surface area contributed by atoms with E-state index in [1.165, 1.54) is 32.1 Å². The van der Waals surface area contributed by atoms with Crippen LogP contribution in [0.15, 0.2) is 0 Å². The molecule has 2 aliphatic rings. The lowest BCUT2D eigenvalue weighted by Gasteiger charge is -2.52. The third-order valence-corrected chi connectivity index (χ3v) is 4.23. The third kappa shape index (κ3) is 0.868. The molecule has 0 aliphatic heterocycles. The van der Waals surface area contributed by atoms with Gasteiger partial charge in [-0.25, -0.2) is 0 Å². The average Bonchev–Trinajstić information content (AvgIpc) is 2.37. The molecule has 1 heteroatoms.